The minimum absolute atomic E-state index is 0.0323. The maximum Gasteiger partial charge on any atom is 0.308 e. The van der Waals surface area contributed by atoms with Crippen molar-refractivity contribution in [1.82, 2.24) is 9.97 Å². The summed E-state index contributed by atoms with van der Waals surface area (Å²) in [5.41, 5.74) is 1.08. The van der Waals surface area contributed by atoms with E-state index in [9.17, 15) is 14.4 Å². The fourth-order valence-electron chi connectivity index (χ4n) is 3.21. The Bertz CT molecular complexity index is 1140. The predicted molar refractivity (Wildman–Crippen MR) is 111 cm³/mol. The van der Waals surface area contributed by atoms with Gasteiger partial charge in [0.05, 0.1) is 28.8 Å². The van der Waals surface area contributed by atoms with E-state index in [0.717, 1.165) is 10.6 Å². The molecule has 148 valence electrons. The number of hydrogen-bond donors (Lipinski definition) is 1. The molecular weight excluding hydrogens is 390 g/mol. The summed E-state index contributed by atoms with van der Waals surface area (Å²) in [4.78, 5) is 46.5. The summed E-state index contributed by atoms with van der Waals surface area (Å²) >= 11 is 1.50. The Morgan fingerprint density at radius 1 is 1.21 bits per heavy atom. The number of amides is 1. The molecule has 0 bridgehead atoms. The highest BCUT2D eigenvalue weighted by Gasteiger charge is 2.25. The van der Waals surface area contributed by atoms with E-state index in [4.69, 9.17) is 4.74 Å². The molecule has 0 spiro atoms. The topological polar surface area (TPSA) is 92.4 Å². The molecule has 1 N–H and O–H groups in total. The van der Waals surface area contributed by atoms with Gasteiger partial charge in [-0.25, -0.2) is 4.98 Å². The van der Waals surface area contributed by atoms with Crippen molar-refractivity contribution >= 4 is 40.2 Å². The van der Waals surface area contributed by atoms with Gasteiger partial charge in [-0.15, -0.1) is 11.8 Å². The standard InChI is InChI=1S/C21H19N3O4S/c1-13(20-22-15-7-3-2-6-14(15)21(27)23-20)28-19(26)10-11-24-16-8-4-5-9-17(16)29-12-18(24)25/h2-9,13H,10-12H2,1H3,(H,22,23,27)/t13-/m0/s1. The van der Waals surface area contributed by atoms with E-state index < -0.39 is 12.1 Å². The summed E-state index contributed by atoms with van der Waals surface area (Å²) in [7, 11) is 0. The molecule has 0 radical (unpaired) electrons. The zero-order chi connectivity index (χ0) is 20.4. The molecule has 1 amide bonds. The van der Waals surface area contributed by atoms with Gasteiger partial charge in [0.25, 0.3) is 5.56 Å². The molecule has 2 heterocycles. The van der Waals surface area contributed by atoms with Crippen LogP contribution in [0.25, 0.3) is 10.9 Å². The number of fused-ring (bicyclic) bond motifs is 2. The molecule has 1 aromatic heterocycles. The van der Waals surface area contributed by atoms with Gasteiger partial charge < -0.3 is 14.6 Å². The molecule has 4 rings (SSSR count). The Kier molecular flexibility index (Phi) is 5.35. The van der Waals surface area contributed by atoms with E-state index in [1.54, 1.807) is 36.1 Å². The maximum atomic E-state index is 12.4. The minimum atomic E-state index is -0.709. The van der Waals surface area contributed by atoms with Crippen LogP contribution in [0.4, 0.5) is 5.69 Å². The normalized spacial score (nSPS) is 14.5. The SMILES string of the molecule is C[C@H](OC(=O)CCN1C(=O)CSc2ccccc21)c1nc2ccccc2c(=O)[nH]1. The number of nitrogens with zero attached hydrogens (tertiary/aromatic N) is 2. The van der Waals surface area contributed by atoms with Crippen LogP contribution in [0.15, 0.2) is 58.2 Å². The number of carbonyl (C=O) groups excluding carboxylic acids is 2. The van der Waals surface area contributed by atoms with Crippen molar-refractivity contribution in [2.24, 2.45) is 0 Å². The number of esters is 1. The van der Waals surface area contributed by atoms with Gasteiger partial charge in [-0.1, -0.05) is 24.3 Å². The number of thioether (sulfide) groups is 1. The van der Waals surface area contributed by atoms with E-state index in [1.807, 2.05) is 24.3 Å². The minimum Gasteiger partial charge on any atom is -0.454 e. The summed E-state index contributed by atoms with van der Waals surface area (Å²) in [5.74, 6) is 0.148. The van der Waals surface area contributed by atoms with Gasteiger partial charge in [0.15, 0.2) is 11.9 Å². The number of para-hydroxylation sites is 2. The first-order valence-electron chi connectivity index (χ1n) is 9.23. The van der Waals surface area contributed by atoms with Crippen LogP contribution in [0, 0.1) is 0 Å². The van der Waals surface area contributed by atoms with Crippen LogP contribution in [0.2, 0.25) is 0 Å². The molecule has 1 aliphatic heterocycles. The molecule has 1 atom stereocenters. The largest absolute Gasteiger partial charge is 0.454 e. The molecule has 0 saturated heterocycles. The van der Waals surface area contributed by atoms with Gasteiger partial charge in [-0.2, -0.15) is 0 Å². The quantitative estimate of drug-likeness (QED) is 0.651. The lowest BCUT2D eigenvalue weighted by molar-refractivity contribution is -0.148. The highest BCUT2D eigenvalue weighted by atomic mass is 32.2. The predicted octanol–water partition coefficient (Wildman–Crippen LogP) is 3.06. The van der Waals surface area contributed by atoms with Gasteiger partial charge in [0.2, 0.25) is 5.91 Å². The summed E-state index contributed by atoms with van der Waals surface area (Å²) in [6, 6.07) is 14.6. The Hall–Kier alpha value is -3.13. The van der Waals surface area contributed by atoms with Crippen LogP contribution in [0.3, 0.4) is 0 Å². The number of H-pyrrole nitrogens is 1. The summed E-state index contributed by atoms with van der Waals surface area (Å²) < 4.78 is 5.44. The van der Waals surface area contributed by atoms with Crippen LogP contribution >= 0.6 is 11.8 Å². The summed E-state index contributed by atoms with van der Waals surface area (Å²) in [6.45, 7) is 1.90. The number of benzene rings is 2. The monoisotopic (exact) mass is 409 g/mol. The molecule has 29 heavy (non-hydrogen) atoms. The van der Waals surface area contributed by atoms with E-state index in [1.165, 1.54) is 11.8 Å². The highest BCUT2D eigenvalue weighted by Crippen LogP contribution is 2.34. The molecule has 0 aliphatic carbocycles. The number of aromatic amines is 1. The fourth-order valence-corrected chi connectivity index (χ4v) is 4.15. The van der Waals surface area contributed by atoms with Crippen molar-refractivity contribution in [3.8, 4) is 0 Å². The Labute approximate surface area is 171 Å². The third kappa shape index (κ3) is 4.02. The van der Waals surface area contributed by atoms with Gasteiger partial charge in [-0.05, 0) is 31.2 Å². The van der Waals surface area contributed by atoms with Gasteiger partial charge in [-0.3, -0.25) is 14.4 Å². The Balaban J connectivity index is 1.43. The average Bonchev–Trinajstić information content (AvgIpc) is 2.73. The first-order chi connectivity index (χ1) is 14.0. The molecule has 2 aromatic carbocycles. The lowest BCUT2D eigenvalue weighted by Crippen LogP contribution is -2.37. The second kappa shape index (κ2) is 8.08. The van der Waals surface area contributed by atoms with Crippen molar-refractivity contribution in [2.45, 2.75) is 24.3 Å². The summed E-state index contributed by atoms with van der Waals surface area (Å²) in [6.07, 6.45) is -0.660. The van der Waals surface area contributed by atoms with Crippen molar-refractivity contribution in [3.05, 3.63) is 64.7 Å². The number of aromatic nitrogens is 2. The molecule has 0 fully saturated rings. The fraction of sp³-hybridized carbons (Fsp3) is 0.238. The molecular formula is C21H19N3O4S. The van der Waals surface area contributed by atoms with Crippen LogP contribution in [0.5, 0.6) is 0 Å². The van der Waals surface area contributed by atoms with Crippen molar-refractivity contribution < 1.29 is 14.3 Å². The second-order valence-corrected chi connectivity index (χ2v) is 7.67. The Morgan fingerprint density at radius 3 is 2.83 bits per heavy atom. The van der Waals surface area contributed by atoms with Gasteiger partial charge in [0, 0.05) is 11.4 Å². The number of nitrogens with one attached hydrogen (secondary N) is 1. The highest BCUT2D eigenvalue weighted by molar-refractivity contribution is 8.00. The maximum absolute atomic E-state index is 12.4. The second-order valence-electron chi connectivity index (χ2n) is 6.65. The number of rotatable bonds is 5. The number of ether oxygens (including phenoxy) is 1. The van der Waals surface area contributed by atoms with Crippen molar-refractivity contribution in [1.29, 1.82) is 0 Å². The number of hydrogen-bond acceptors (Lipinski definition) is 6. The van der Waals surface area contributed by atoms with Gasteiger partial charge in [0.1, 0.15) is 0 Å². The average molecular weight is 409 g/mol. The van der Waals surface area contributed by atoms with Crippen molar-refractivity contribution in [3.63, 3.8) is 0 Å². The third-order valence-electron chi connectivity index (χ3n) is 4.67. The zero-order valence-electron chi connectivity index (χ0n) is 15.8. The zero-order valence-corrected chi connectivity index (χ0v) is 16.6. The molecule has 0 saturated carbocycles. The van der Waals surface area contributed by atoms with E-state index in [-0.39, 0.29) is 30.3 Å². The lowest BCUT2D eigenvalue weighted by atomic mass is 10.2. The number of carbonyl (C=O) groups is 2. The molecule has 1 aliphatic rings. The smallest absolute Gasteiger partial charge is 0.308 e. The first-order valence-corrected chi connectivity index (χ1v) is 10.2. The van der Waals surface area contributed by atoms with Gasteiger partial charge >= 0.3 is 5.97 Å². The molecule has 0 unspecified atom stereocenters. The van der Waals surface area contributed by atoms with Crippen LogP contribution in [-0.4, -0.2) is 34.1 Å². The number of anilines is 1. The summed E-state index contributed by atoms with van der Waals surface area (Å²) in [5, 5.41) is 0.481. The van der Waals surface area contributed by atoms with Crippen molar-refractivity contribution in [2.75, 3.05) is 17.2 Å². The molecule has 8 heteroatoms. The third-order valence-corrected chi connectivity index (χ3v) is 5.72. The van der Waals surface area contributed by atoms with E-state index in [0.29, 0.717) is 16.7 Å². The van der Waals surface area contributed by atoms with Crippen LogP contribution in [-0.2, 0) is 14.3 Å². The van der Waals surface area contributed by atoms with E-state index >= 15 is 0 Å². The van der Waals surface area contributed by atoms with Crippen LogP contribution < -0.4 is 10.5 Å². The first kappa shape index (κ1) is 19.2. The van der Waals surface area contributed by atoms with Crippen LogP contribution in [0.1, 0.15) is 25.3 Å². The Morgan fingerprint density at radius 2 is 1.97 bits per heavy atom. The van der Waals surface area contributed by atoms with E-state index in [2.05, 4.69) is 9.97 Å². The molecule has 3 aromatic rings. The lowest BCUT2D eigenvalue weighted by Gasteiger charge is -2.28. The molecule has 7 nitrogen and oxygen atoms in total.